The molecule has 5 heteroatoms. The van der Waals surface area contributed by atoms with Crippen molar-refractivity contribution in [2.45, 2.75) is 0 Å². The van der Waals surface area contributed by atoms with Gasteiger partial charge in [-0.15, -0.1) is 0 Å². The smallest absolute Gasteiger partial charge is 0.200 e. The van der Waals surface area contributed by atoms with E-state index >= 15 is 0 Å². The topological polar surface area (TPSA) is 33.8 Å². The van der Waals surface area contributed by atoms with Crippen molar-refractivity contribution in [1.29, 1.82) is 0 Å². The Kier molecular flexibility index (Phi) is 5.85. The number of fused-ring (bicyclic) bond motifs is 1. The molecule has 0 saturated heterocycles. The Morgan fingerprint density at radius 2 is 1.03 bits per heavy atom. The molecule has 3 nitrogen and oxygen atoms in total. The number of aromatic nitrogens is 2. The number of nitrogens with zero attached hydrogens (tertiary/aromatic N) is 2. The predicted octanol–water partition coefficient (Wildman–Crippen LogP) is 3.31. The number of benzene rings is 5. The maximum atomic E-state index is 13.5. The molecule has 0 N–H and O–H groups in total. The molecule has 0 amide bonds. The molecule has 36 heavy (non-hydrogen) atoms. The molecule has 0 spiro atoms. The second kappa shape index (κ2) is 9.45. The summed E-state index contributed by atoms with van der Waals surface area (Å²) in [5, 5.41) is 9.83. The van der Waals surface area contributed by atoms with E-state index in [9.17, 15) is 4.79 Å². The fourth-order valence-electron chi connectivity index (χ4n) is 5.05. The van der Waals surface area contributed by atoms with Crippen molar-refractivity contribution in [2.24, 2.45) is 0 Å². The summed E-state index contributed by atoms with van der Waals surface area (Å²) in [4.78, 5) is 13.4. The lowest BCUT2D eigenvalue weighted by Crippen LogP contribution is -2.74. The van der Waals surface area contributed by atoms with Crippen molar-refractivity contribution >= 4 is 50.4 Å². The van der Waals surface area contributed by atoms with Crippen molar-refractivity contribution < 1.29 is 4.68 Å². The van der Waals surface area contributed by atoms with Crippen LogP contribution >= 0.6 is 11.3 Å². The second-order valence-corrected chi connectivity index (χ2v) is 13.3. The molecule has 0 fully saturated rings. The van der Waals surface area contributed by atoms with E-state index in [2.05, 4.69) is 103 Å². The molecule has 0 aliphatic rings. The van der Waals surface area contributed by atoms with Gasteiger partial charge in [0, 0.05) is 21.9 Å². The van der Waals surface area contributed by atoms with E-state index in [4.69, 9.17) is 5.10 Å². The van der Waals surface area contributed by atoms with Crippen LogP contribution in [-0.4, -0.2) is 13.2 Å². The summed E-state index contributed by atoms with van der Waals surface area (Å²) < 4.78 is 2.45. The van der Waals surface area contributed by atoms with Crippen molar-refractivity contribution in [3.05, 3.63) is 149 Å². The van der Waals surface area contributed by atoms with Gasteiger partial charge in [0.15, 0.2) is 8.07 Å². The number of para-hydroxylation sites is 1. The Morgan fingerprint density at radius 1 is 0.556 bits per heavy atom. The zero-order valence-corrected chi connectivity index (χ0v) is 21.3. The zero-order chi connectivity index (χ0) is 24.4. The van der Waals surface area contributed by atoms with Crippen LogP contribution in [0.15, 0.2) is 144 Å². The molecular formula is C31H23N2OSSi+. The van der Waals surface area contributed by atoms with Crippen LogP contribution in [0, 0.1) is 0 Å². The molecule has 172 valence electrons. The molecule has 0 unspecified atom stereocenters. The number of hydrogen-bond acceptors (Lipinski definition) is 3. The summed E-state index contributed by atoms with van der Waals surface area (Å²) >= 11 is 1.28. The van der Waals surface area contributed by atoms with Gasteiger partial charge < -0.3 is 0 Å². The zero-order valence-electron chi connectivity index (χ0n) is 19.5. The van der Waals surface area contributed by atoms with E-state index in [1.807, 2.05) is 36.4 Å². The predicted molar refractivity (Wildman–Crippen MR) is 151 cm³/mol. The molecule has 1 heterocycles. The van der Waals surface area contributed by atoms with E-state index in [1.165, 1.54) is 36.8 Å². The van der Waals surface area contributed by atoms with Gasteiger partial charge in [0.25, 0.3) is 0 Å². The maximum Gasteiger partial charge on any atom is 0.504 e. The lowest BCUT2D eigenvalue weighted by molar-refractivity contribution is -0.667. The van der Waals surface area contributed by atoms with E-state index in [1.54, 1.807) is 0 Å². The average Bonchev–Trinajstić information content (AvgIpc) is 2.96. The van der Waals surface area contributed by atoms with Crippen LogP contribution in [0.4, 0.5) is 0 Å². The van der Waals surface area contributed by atoms with Gasteiger partial charge in [0.2, 0.25) is 5.69 Å². The van der Waals surface area contributed by atoms with Crippen LogP contribution in [0.2, 0.25) is 0 Å². The fraction of sp³-hybridized carbons (Fsp3) is 0. The fourth-order valence-corrected chi connectivity index (χ4v) is 11.3. The largest absolute Gasteiger partial charge is 0.504 e. The molecule has 0 aliphatic heterocycles. The third-order valence-corrected chi connectivity index (χ3v) is 12.6. The molecule has 0 radical (unpaired) electrons. The average molecular weight is 500 g/mol. The van der Waals surface area contributed by atoms with Gasteiger partial charge in [-0.05, 0) is 38.2 Å². The first-order valence-electron chi connectivity index (χ1n) is 11.9. The van der Waals surface area contributed by atoms with E-state index in [0.29, 0.717) is 0 Å². The molecule has 6 rings (SSSR count). The van der Waals surface area contributed by atoms with E-state index < -0.39 is 8.07 Å². The number of rotatable bonds is 5. The van der Waals surface area contributed by atoms with Crippen LogP contribution in [0.1, 0.15) is 0 Å². The third-order valence-electron chi connectivity index (χ3n) is 6.59. The SMILES string of the molecule is O=c1sc2c([Si](c3ccccc3)(c3ccccc3)c3ccccc3)cccc2n[n+]1-c1ccccc1. The first-order chi connectivity index (χ1) is 17.8. The van der Waals surface area contributed by atoms with Crippen molar-refractivity contribution in [3.63, 3.8) is 0 Å². The Bertz CT molecular complexity index is 1590. The Labute approximate surface area is 214 Å². The highest BCUT2D eigenvalue weighted by molar-refractivity contribution is 7.25. The second-order valence-electron chi connectivity index (χ2n) is 8.62. The quantitative estimate of drug-likeness (QED) is 0.207. The van der Waals surface area contributed by atoms with Gasteiger partial charge in [-0.3, -0.25) is 0 Å². The van der Waals surface area contributed by atoms with Crippen LogP contribution in [0.5, 0.6) is 0 Å². The monoisotopic (exact) mass is 499 g/mol. The van der Waals surface area contributed by atoms with Crippen LogP contribution in [-0.2, 0) is 0 Å². The van der Waals surface area contributed by atoms with Crippen LogP contribution in [0.25, 0.3) is 15.9 Å². The van der Waals surface area contributed by atoms with Gasteiger partial charge >= 0.3 is 4.87 Å². The minimum atomic E-state index is -2.76. The molecule has 1 aromatic heterocycles. The molecule has 0 atom stereocenters. The standard InChI is InChI=1S/C31H23N2OSSi/c34-31-33(24-14-5-1-6-15-24)32-28-22-13-23-29(30(28)35-31)36(25-16-7-2-8-17-25,26-18-9-3-10-19-26)27-20-11-4-12-21-27/h1-23H/q+1. The molecule has 6 aromatic rings. The first kappa shape index (κ1) is 22.3. The highest BCUT2D eigenvalue weighted by Crippen LogP contribution is 2.17. The minimum absolute atomic E-state index is 0.0989. The van der Waals surface area contributed by atoms with Crippen LogP contribution in [0.3, 0.4) is 0 Å². The Hall–Kier alpha value is -4.19. The lowest BCUT2D eigenvalue weighted by Gasteiger charge is -2.34. The lowest BCUT2D eigenvalue weighted by atomic mass is 10.3. The highest BCUT2D eigenvalue weighted by atomic mass is 32.1. The van der Waals surface area contributed by atoms with Crippen molar-refractivity contribution in [1.82, 2.24) is 5.10 Å². The van der Waals surface area contributed by atoms with Crippen molar-refractivity contribution in [3.8, 4) is 5.69 Å². The summed E-state index contributed by atoms with van der Waals surface area (Å²) in [5.41, 5.74) is 1.59. The summed E-state index contributed by atoms with van der Waals surface area (Å²) in [5.74, 6) is 0. The van der Waals surface area contributed by atoms with Crippen molar-refractivity contribution in [2.75, 3.05) is 0 Å². The third kappa shape index (κ3) is 3.70. The van der Waals surface area contributed by atoms with Gasteiger partial charge in [0.1, 0.15) is 5.52 Å². The Morgan fingerprint density at radius 3 is 1.53 bits per heavy atom. The van der Waals surface area contributed by atoms with Crippen LogP contribution < -0.4 is 30.3 Å². The maximum absolute atomic E-state index is 13.5. The summed E-state index contributed by atoms with van der Waals surface area (Å²) in [7, 11) is -2.76. The number of hydrogen-bond donors (Lipinski definition) is 0. The molecule has 0 saturated carbocycles. The highest BCUT2D eigenvalue weighted by Gasteiger charge is 2.43. The normalized spacial score (nSPS) is 11.4. The van der Waals surface area contributed by atoms with Gasteiger partial charge in [-0.1, -0.05) is 121 Å². The molecular weight excluding hydrogens is 477 g/mol. The van der Waals surface area contributed by atoms with Gasteiger partial charge in [0.05, 0.1) is 4.70 Å². The van der Waals surface area contributed by atoms with Gasteiger partial charge in [-0.25, -0.2) is 4.79 Å². The summed E-state index contributed by atoms with van der Waals surface area (Å²) in [6.07, 6.45) is 0. The van der Waals surface area contributed by atoms with Gasteiger partial charge in [-0.2, -0.15) is 0 Å². The molecule has 0 aliphatic carbocycles. The molecule has 5 aromatic carbocycles. The van der Waals surface area contributed by atoms with E-state index in [-0.39, 0.29) is 4.87 Å². The van der Waals surface area contributed by atoms with E-state index in [0.717, 1.165) is 15.9 Å². The summed E-state index contributed by atoms with van der Waals surface area (Å²) in [6, 6.07) is 48.1. The Balaban J connectivity index is 1.74. The summed E-state index contributed by atoms with van der Waals surface area (Å²) in [6.45, 7) is 0. The first-order valence-corrected chi connectivity index (χ1v) is 14.7. The molecule has 0 bridgehead atoms. The minimum Gasteiger partial charge on any atom is -0.200 e.